The van der Waals surface area contributed by atoms with Crippen LogP contribution < -0.4 is 11.5 Å². The number of aromatic nitrogens is 1. The van der Waals surface area contributed by atoms with Crippen molar-refractivity contribution in [2.45, 2.75) is 0 Å². The van der Waals surface area contributed by atoms with Crippen molar-refractivity contribution in [3.63, 3.8) is 0 Å². The number of anilines is 2. The summed E-state index contributed by atoms with van der Waals surface area (Å²) in [5, 5.41) is 2.37. The molecular formula is C18H15N3. The van der Waals surface area contributed by atoms with E-state index in [2.05, 4.69) is 28.8 Å². The number of nitrogens with two attached hydrogens (primary N) is 2. The molecular weight excluding hydrogens is 258 g/mol. The maximum absolute atomic E-state index is 5.98. The van der Waals surface area contributed by atoms with Crippen LogP contribution in [0.25, 0.3) is 27.5 Å². The predicted molar refractivity (Wildman–Crippen MR) is 89.6 cm³/mol. The summed E-state index contributed by atoms with van der Waals surface area (Å²) in [6.07, 6.45) is 0. The minimum Gasteiger partial charge on any atom is -0.399 e. The third-order valence-corrected chi connectivity index (χ3v) is 3.83. The van der Waals surface area contributed by atoms with Crippen LogP contribution in [0.1, 0.15) is 0 Å². The van der Waals surface area contributed by atoms with Crippen LogP contribution in [0.15, 0.2) is 66.7 Å². The highest BCUT2D eigenvalue weighted by molar-refractivity contribution is 6.10. The van der Waals surface area contributed by atoms with Gasteiger partial charge in [-0.2, -0.15) is 0 Å². The average molecular weight is 273 g/mol. The van der Waals surface area contributed by atoms with Gasteiger partial charge in [0.2, 0.25) is 0 Å². The number of nitrogens with zero attached hydrogens (tertiary/aromatic N) is 1. The van der Waals surface area contributed by atoms with Crippen LogP contribution in [0.2, 0.25) is 0 Å². The third kappa shape index (κ3) is 1.75. The van der Waals surface area contributed by atoms with E-state index in [9.17, 15) is 0 Å². The molecule has 0 radical (unpaired) electrons. The van der Waals surface area contributed by atoms with Crippen molar-refractivity contribution in [3.05, 3.63) is 66.7 Å². The highest BCUT2D eigenvalue weighted by Crippen LogP contribution is 2.33. The molecule has 0 fully saturated rings. The van der Waals surface area contributed by atoms with Crippen LogP contribution in [0.5, 0.6) is 0 Å². The summed E-state index contributed by atoms with van der Waals surface area (Å²) in [7, 11) is 0. The number of hydrogen-bond donors (Lipinski definition) is 2. The summed E-state index contributed by atoms with van der Waals surface area (Å²) in [5.41, 5.74) is 16.8. The fourth-order valence-electron chi connectivity index (χ4n) is 2.91. The van der Waals surface area contributed by atoms with Gasteiger partial charge in [0.1, 0.15) is 0 Å². The molecule has 21 heavy (non-hydrogen) atoms. The van der Waals surface area contributed by atoms with Gasteiger partial charge in [0.05, 0.1) is 11.0 Å². The number of para-hydroxylation sites is 1. The molecule has 0 bridgehead atoms. The van der Waals surface area contributed by atoms with Crippen molar-refractivity contribution < 1.29 is 0 Å². The van der Waals surface area contributed by atoms with Crippen LogP contribution >= 0.6 is 0 Å². The average Bonchev–Trinajstić information content (AvgIpc) is 2.80. The van der Waals surface area contributed by atoms with Gasteiger partial charge >= 0.3 is 0 Å². The van der Waals surface area contributed by atoms with Crippen molar-refractivity contribution in [2.75, 3.05) is 11.5 Å². The van der Waals surface area contributed by atoms with Gasteiger partial charge in [-0.25, -0.2) is 0 Å². The van der Waals surface area contributed by atoms with E-state index in [0.29, 0.717) is 0 Å². The molecule has 4 aromatic rings. The lowest BCUT2D eigenvalue weighted by Gasteiger charge is -2.08. The van der Waals surface area contributed by atoms with Crippen molar-refractivity contribution in [2.24, 2.45) is 0 Å². The second-order valence-electron chi connectivity index (χ2n) is 5.22. The molecule has 1 heterocycles. The van der Waals surface area contributed by atoms with Gasteiger partial charge < -0.3 is 16.0 Å². The SMILES string of the molecule is Nc1ccc2c3ccc(N)cc3n(-c3ccccc3)c2c1. The fraction of sp³-hybridized carbons (Fsp3) is 0. The summed E-state index contributed by atoms with van der Waals surface area (Å²) in [4.78, 5) is 0. The van der Waals surface area contributed by atoms with Gasteiger partial charge in [-0.3, -0.25) is 0 Å². The molecule has 0 aliphatic carbocycles. The Morgan fingerprint density at radius 2 is 1.14 bits per heavy atom. The molecule has 0 saturated carbocycles. The summed E-state index contributed by atoms with van der Waals surface area (Å²) < 4.78 is 2.21. The standard InChI is InChI=1S/C18H15N3/c19-12-6-8-15-16-9-7-13(20)11-18(16)21(17(15)10-12)14-4-2-1-3-5-14/h1-11H,19-20H2. The Bertz CT molecular complexity index is 893. The van der Waals surface area contributed by atoms with Gasteiger partial charge in [-0.15, -0.1) is 0 Å². The van der Waals surface area contributed by atoms with Gasteiger partial charge in [0.15, 0.2) is 0 Å². The van der Waals surface area contributed by atoms with E-state index < -0.39 is 0 Å². The molecule has 3 aromatic carbocycles. The highest BCUT2D eigenvalue weighted by Gasteiger charge is 2.12. The second kappa shape index (κ2) is 4.28. The number of nitrogen functional groups attached to an aromatic ring is 2. The Morgan fingerprint density at radius 1 is 0.619 bits per heavy atom. The van der Waals surface area contributed by atoms with Crippen LogP contribution in [0, 0.1) is 0 Å². The van der Waals surface area contributed by atoms with Crippen LogP contribution in [-0.2, 0) is 0 Å². The Morgan fingerprint density at radius 3 is 1.67 bits per heavy atom. The van der Waals surface area contributed by atoms with Gasteiger partial charge in [-0.05, 0) is 36.4 Å². The molecule has 3 nitrogen and oxygen atoms in total. The van der Waals surface area contributed by atoms with Gasteiger partial charge in [0, 0.05) is 27.8 Å². The summed E-state index contributed by atoms with van der Waals surface area (Å²) in [6.45, 7) is 0. The second-order valence-corrected chi connectivity index (χ2v) is 5.22. The molecule has 0 saturated heterocycles. The van der Waals surface area contributed by atoms with E-state index >= 15 is 0 Å². The maximum Gasteiger partial charge on any atom is 0.0561 e. The number of fused-ring (bicyclic) bond motifs is 3. The summed E-state index contributed by atoms with van der Waals surface area (Å²) in [6, 6.07) is 22.3. The number of rotatable bonds is 1. The minimum absolute atomic E-state index is 0.760. The number of benzene rings is 3. The molecule has 4 rings (SSSR count). The minimum atomic E-state index is 0.760. The van der Waals surface area contributed by atoms with Crippen molar-refractivity contribution in [3.8, 4) is 5.69 Å². The lowest BCUT2D eigenvalue weighted by atomic mass is 10.1. The normalized spacial score (nSPS) is 11.2. The van der Waals surface area contributed by atoms with Crippen molar-refractivity contribution >= 4 is 33.2 Å². The first-order valence-electron chi connectivity index (χ1n) is 6.88. The molecule has 0 unspecified atom stereocenters. The zero-order chi connectivity index (χ0) is 14.4. The summed E-state index contributed by atoms with van der Waals surface area (Å²) >= 11 is 0. The Kier molecular flexibility index (Phi) is 2.42. The maximum atomic E-state index is 5.98. The van der Waals surface area contributed by atoms with Crippen LogP contribution in [-0.4, -0.2) is 4.57 Å². The summed E-state index contributed by atoms with van der Waals surface area (Å²) in [5.74, 6) is 0. The largest absolute Gasteiger partial charge is 0.399 e. The lowest BCUT2D eigenvalue weighted by Crippen LogP contribution is -1.94. The van der Waals surface area contributed by atoms with Crippen LogP contribution in [0.3, 0.4) is 0 Å². The molecule has 0 aliphatic heterocycles. The number of hydrogen-bond acceptors (Lipinski definition) is 2. The van der Waals surface area contributed by atoms with Gasteiger partial charge in [0.25, 0.3) is 0 Å². The monoisotopic (exact) mass is 273 g/mol. The molecule has 0 spiro atoms. The Hall–Kier alpha value is -2.94. The van der Waals surface area contributed by atoms with E-state index in [1.165, 1.54) is 10.8 Å². The highest BCUT2D eigenvalue weighted by atomic mass is 15.0. The molecule has 4 N–H and O–H groups in total. The smallest absolute Gasteiger partial charge is 0.0561 e. The topological polar surface area (TPSA) is 57.0 Å². The van der Waals surface area contributed by atoms with E-state index in [1.807, 2.05) is 42.5 Å². The Labute approximate surface area is 122 Å². The zero-order valence-electron chi connectivity index (χ0n) is 11.5. The van der Waals surface area contributed by atoms with E-state index in [1.54, 1.807) is 0 Å². The third-order valence-electron chi connectivity index (χ3n) is 3.83. The molecule has 0 amide bonds. The van der Waals surface area contributed by atoms with Crippen molar-refractivity contribution in [1.29, 1.82) is 0 Å². The predicted octanol–water partition coefficient (Wildman–Crippen LogP) is 3.95. The lowest BCUT2D eigenvalue weighted by molar-refractivity contribution is 1.18. The molecule has 0 aliphatic rings. The molecule has 102 valence electrons. The molecule has 3 heteroatoms. The first-order valence-corrected chi connectivity index (χ1v) is 6.88. The Balaban J connectivity index is 2.24. The van der Waals surface area contributed by atoms with E-state index in [0.717, 1.165) is 28.1 Å². The first-order chi connectivity index (χ1) is 10.2. The quantitative estimate of drug-likeness (QED) is 0.516. The first kappa shape index (κ1) is 11.9. The van der Waals surface area contributed by atoms with Gasteiger partial charge in [-0.1, -0.05) is 30.3 Å². The molecule has 0 atom stereocenters. The van der Waals surface area contributed by atoms with Crippen molar-refractivity contribution in [1.82, 2.24) is 4.57 Å². The van der Waals surface area contributed by atoms with E-state index in [-0.39, 0.29) is 0 Å². The van der Waals surface area contributed by atoms with E-state index in [4.69, 9.17) is 11.5 Å². The fourth-order valence-corrected chi connectivity index (χ4v) is 2.91. The van der Waals surface area contributed by atoms with Crippen LogP contribution in [0.4, 0.5) is 11.4 Å². The molecule has 1 aromatic heterocycles. The zero-order valence-corrected chi connectivity index (χ0v) is 11.5.